The van der Waals surface area contributed by atoms with Crippen LogP contribution in [0.3, 0.4) is 0 Å². The fourth-order valence-electron chi connectivity index (χ4n) is 4.65. The van der Waals surface area contributed by atoms with Gasteiger partial charge in [-0.3, -0.25) is 9.59 Å². The van der Waals surface area contributed by atoms with Crippen molar-refractivity contribution in [3.8, 4) is 0 Å². The summed E-state index contributed by atoms with van der Waals surface area (Å²) in [5, 5.41) is 7.02. The molecule has 0 saturated carbocycles. The minimum atomic E-state index is 0.0413. The number of aromatic nitrogens is 2. The molecule has 0 saturated heterocycles. The fraction of sp³-hybridized carbons (Fsp3) is 0.559. The van der Waals surface area contributed by atoms with Crippen LogP contribution in [0.4, 0.5) is 11.6 Å². The first-order valence-electron chi connectivity index (χ1n) is 15.2. The van der Waals surface area contributed by atoms with Crippen molar-refractivity contribution in [1.82, 2.24) is 19.8 Å². The molecular weight excluding hydrogens is 510 g/mol. The second-order valence-corrected chi connectivity index (χ2v) is 13.3. The van der Waals surface area contributed by atoms with Crippen molar-refractivity contribution in [3.63, 3.8) is 0 Å². The molecule has 3 aromatic rings. The average Bonchev–Trinajstić information content (AvgIpc) is 3.23. The van der Waals surface area contributed by atoms with Crippen LogP contribution in [0, 0.1) is 17.3 Å². The van der Waals surface area contributed by atoms with Crippen LogP contribution in [0.1, 0.15) is 95.4 Å². The molecule has 0 aliphatic rings. The fourth-order valence-corrected chi connectivity index (χ4v) is 4.65. The van der Waals surface area contributed by atoms with Crippen LogP contribution in [0.5, 0.6) is 0 Å². The Morgan fingerprint density at radius 1 is 0.927 bits per heavy atom. The van der Waals surface area contributed by atoms with Gasteiger partial charge in [0.05, 0.1) is 11.0 Å². The molecule has 0 bridgehead atoms. The molecule has 224 valence electrons. The van der Waals surface area contributed by atoms with E-state index < -0.39 is 0 Å². The highest BCUT2D eigenvalue weighted by Gasteiger charge is 2.19. The first kappa shape index (κ1) is 32.3. The lowest BCUT2D eigenvalue weighted by Gasteiger charge is -2.24. The summed E-state index contributed by atoms with van der Waals surface area (Å²) in [7, 11) is 0. The summed E-state index contributed by atoms with van der Waals surface area (Å²) in [4.78, 5) is 32.4. The standard InChI is InChI=1S/C34H51N5O2/c1-24(2)16-20-38(21-17-25(3)4)32(41)28-12-15-30-31(22-28)39(19-9-18-35-23-34(6,7)8)33(37-30)36-29-13-10-27(11-14-29)26(5)40/h10-15,22,24-25,35H,9,16-21,23H2,1-8H3,(H,36,37). The maximum absolute atomic E-state index is 13.7. The van der Waals surface area contributed by atoms with E-state index in [2.05, 4.69) is 63.7 Å². The Hall–Kier alpha value is -3.19. The van der Waals surface area contributed by atoms with Gasteiger partial charge >= 0.3 is 0 Å². The molecule has 1 heterocycles. The molecule has 2 aromatic carbocycles. The van der Waals surface area contributed by atoms with Gasteiger partial charge in [0.25, 0.3) is 5.91 Å². The number of rotatable bonds is 15. The van der Waals surface area contributed by atoms with E-state index in [9.17, 15) is 9.59 Å². The number of carbonyl (C=O) groups is 2. The predicted octanol–water partition coefficient (Wildman–Crippen LogP) is 7.54. The summed E-state index contributed by atoms with van der Waals surface area (Å²) in [6, 6.07) is 13.3. The van der Waals surface area contributed by atoms with Crippen molar-refractivity contribution in [2.75, 3.05) is 31.5 Å². The normalized spacial score (nSPS) is 12.0. The molecule has 0 fully saturated rings. The summed E-state index contributed by atoms with van der Waals surface area (Å²) >= 11 is 0. The summed E-state index contributed by atoms with van der Waals surface area (Å²) in [6.45, 7) is 21.2. The van der Waals surface area contributed by atoms with Crippen molar-refractivity contribution in [3.05, 3.63) is 53.6 Å². The van der Waals surface area contributed by atoms with Gasteiger partial charge in [-0.2, -0.15) is 0 Å². The maximum atomic E-state index is 13.7. The lowest BCUT2D eigenvalue weighted by atomic mass is 9.97. The monoisotopic (exact) mass is 561 g/mol. The highest BCUT2D eigenvalue weighted by atomic mass is 16.2. The van der Waals surface area contributed by atoms with Gasteiger partial charge in [-0.1, -0.05) is 48.5 Å². The second kappa shape index (κ2) is 14.6. The second-order valence-electron chi connectivity index (χ2n) is 13.3. The number of benzene rings is 2. The van der Waals surface area contributed by atoms with E-state index in [0.717, 1.165) is 74.7 Å². The molecule has 2 N–H and O–H groups in total. The van der Waals surface area contributed by atoms with E-state index in [0.29, 0.717) is 23.0 Å². The molecule has 0 atom stereocenters. The molecule has 41 heavy (non-hydrogen) atoms. The van der Waals surface area contributed by atoms with Crippen molar-refractivity contribution in [2.45, 2.75) is 81.2 Å². The smallest absolute Gasteiger partial charge is 0.253 e. The molecule has 0 aliphatic heterocycles. The third-order valence-corrected chi connectivity index (χ3v) is 7.17. The highest BCUT2D eigenvalue weighted by Crippen LogP contribution is 2.26. The average molecular weight is 562 g/mol. The number of anilines is 2. The number of amides is 1. The van der Waals surface area contributed by atoms with Crippen LogP contribution in [-0.2, 0) is 6.54 Å². The van der Waals surface area contributed by atoms with Crippen LogP contribution in [0.2, 0.25) is 0 Å². The first-order chi connectivity index (χ1) is 19.3. The number of imidazole rings is 1. The molecule has 7 heteroatoms. The summed E-state index contributed by atoms with van der Waals surface area (Å²) in [5.41, 5.74) is 4.27. The summed E-state index contributed by atoms with van der Waals surface area (Å²) in [5.74, 6) is 1.94. The Morgan fingerprint density at radius 2 is 1.54 bits per heavy atom. The Bertz CT molecular complexity index is 1270. The third kappa shape index (κ3) is 9.99. The predicted molar refractivity (Wildman–Crippen MR) is 171 cm³/mol. The topological polar surface area (TPSA) is 79.3 Å². The number of fused-ring (bicyclic) bond motifs is 1. The molecule has 3 rings (SSSR count). The van der Waals surface area contributed by atoms with Crippen LogP contribution < -0.4 is 10.6 Å². The van der Waals surface area contributed by atoms with E-state index in [1.165, 1.54) is 0 Å². The molecule has 0 radical (unpaired) electrons. The number of hydrogen-bond acceptors (Lipinski definition) is 5. The van der Waals surface area contributed by atoms with Crippen LogP contribution in [0.15, 0.2) is 42.5 Å². The lowest BCUT2D eigenvalue weighted by Crippen LogP contribution is -2.34. The zero-order valence-corrected chi connectivity index (χ0v) is 26.5. The number of Topliss-reactive ketones (excluding diaryl/α,β-unsaturated/α-hetero) is 1. The molecule has 7 nitrogen and oxygen atoms in total. The van der Waals surface area contributed by atoms with E-state index in [1.54, 1.807) is 6.92 Å². The van der Waals surface area contributed by atoms with Gasteiger partial charge in [-0.25, -0.2) is 4.98 Å². The van der Waals surface area contributed by atoms with E-state index in [1.807, 2.05) is 47.4 Å². The largest absolute Gasteiger partial charge is 0.339 e. The summed E-state index contributed by atoms with van der Waals surface area (Å²) < 4.78 is 2.18. The van der Waals surface area contributed by atoms with Crippen molar-refractivity contribution < 1.29 is 9.59 Å². The molecule has 1 aromatic heterocycles. The zero-order chi connectivity index (χ0) is 30.2. The summed E-state index contributed by atoms with van der Waals surface area (Å²) in [6.07, 6.45) is 2.90. The Labute approximate surface area is 247 Å². The minimum absolute atomic E-state index is 0.0413. The quantitative estimate of drug-likeness (QED) is 0.148. The third-order valence-electron chi connectivity index (χ3n) is 7.17. The van der Waals surface area contributed by atoms with Gasteiger partial charge in [0.15, 0.2) is 5.78 Å². The van der Waals surface area contributed by atoms with Gasteiger partial charge < -0.3 is 20.1 Å². The highest BCUT2D eigenvalue weighted by molar-refractivity contribution is 5.98. The van der Waals surface area contributed by atoms with Gasteiger partial charge in [0.1, 0.15) is 0 Å². The van der Waals surface area contributed by atoms with Gasteiger partial charge in [0, 0.05) is 36.4 Å². The zero-order valence-electron chi connectivity index (χ0n) is 26.5. The molecule has 0 aliphatic carbocycles. The first-order valence-corrected chi connectivity index (χ1v) is 15.2. The van der Waals surface area contributed by atoms with Gasteiger partial charge in [-0.15, -0.1) is 0 Å². The number of carbonyl (C=O) groups excluding carboxylic acids is 2. The van der Waals surface area contributed by atoms with Crippen LogP contribution in [-0.4, -0.2) is 52.3 Å². The molecular formula is C34H51N5O2. The Kier molecular flexibility index (Phi) is 11.5. The number of nitrogens with one attached hydrogen (secondary N) is 2. The van der Waals surface area contributed by atoms with Crippen LogP contribution >= 0.6 is 0 Å². The number of ketones is 1. The maximum Gasteiger partial charge on any atom is 0.253 e. The Morgan fingerprint density at radius 3 is 2.10 bits per heavy atom. The van der Waals surface area contributed by atoms with Crippen molar-refractivity contribution >= 4 is 34.4 Å². The van der Waals surface area contributed by atoms with Gasteiger partial charge in [0.2, 0.25) is 5.95 Å². The van der Waals surface area contributed by atoms with Crippen molar-refractivity contribution in [1.29, 1.82) is 0 Å². The lowest BCUT2D eigenvalue weighted by molar-refractivity contribution is 0.0740. The van der Waals surface area contributed by atoms with Crippen molar-refractivity contribution in [2.24, 2.45) is 17.3 Å². The molecule has 1 amide bonds. The Balaban J connectivity index is 1.91. The number of hydrogen-bond donors (Lipinski definition) is 2. The van der Waals surface area contributed by atoms with E-state index >= 15 is 0 Å². The molecule has 0 spiro atoms. The SMILES string of the molecule is CC(=O)c1ccc(Nc2nc3ccc(C(=O)N(CCC(C)C)CCC(C)C)cc3n2CCCNCC(C)(C)C)cc1. The minimum Gasteiger partial charge on any atom is -0.339 e. The van der Waals surface area contributed by atoms with Gasteiger partial charge in [-0.05, 0) is 99.0 Å². The molecule has 0 unspecified atom stereocenters. The van der Waals surface area contributed by atoms with E-state index in [-0.39, 0.29) is 17.1 Å². The van der Waals surface area contributed by atoms with Crippen LogP contribution in [0.25, 0.3) is 11.0 Å². The van der Waals surface area contributed by atoms with E-state index in [4.69, 9.17) is 4.98 Å². The number of aryl methyl sites for hydroxylation is 1. The number of nitrogens with zero attached hydrogens (tertiary/aromatic N) is 3.